The number of hydrogen-bond donors (Lipinski definition) is 1. The number of rotatable bonds is 7. The summed E-state index contributed by atoms with van der Waals surface area (Å²) in [4.78, 5) is 22.4. The van der Waals surface area contributed by atoms with Gasteiger partial charge in [0.15, 0.2) is 0 Å². The maximum absolute atomic E-state index is 11.6. The van der Waals surface area contributed by atoms with Crippen LogP contribution in [0.25, 0.3) is 0 Å². The van der Waals surface area contributed by atoms with Crippen molar-refractivity contribution in [1.29, 1.82) is 0 Å². The molecule has 0 bridgehead atoms. The summed E-state index contributed by atoms with van der Waals surface area (Å²) in [5.41, 5.74) is 1.08. The first kappa shape index (κ1) is 15.2. The summed E-state index contributed by atoms with van der Waals surface area (Å²) in [5.74, 6) is 0.925. The first-order valence-electron chi connectivity index (χ1n) is 6.58. The molecular weight excluding hydrogens is 242 g/mol. The monoisotopic (exact) mass is 263 g/mol. The molecule has 0 aliphatic rings. The average Bonchev–Trinajstić information content (AvgIpc) is 2.37. The van der Waals surface area contributed by atoms with E-state index in [1.165, 1.54) is 0 Å². The summed E-state index contributed by atoms with van der Waals surface area (Å²) in [6, 6.07) is 5.03. The Morgan fingerprint density at radius 2 is 2.16 bits per heavy atom. The van der Waals surface area contributed by atoms with E-state index in [-0.39, 0.29) is 5.91 Å². The lowest BCUT2D eigenvalue weighted by Gasteiger charge is -2.14. The molecule has 4 heteroatoms. The maximum Gasteiger partial charge on any atom is 0.224 e. The standard InChI is InChI=1S/C15H21NO3/c1-4-5-15(18)16-13-8-12(9-17)6-7-14(13)19-10-11(2)3/h6-9,11H,4-5,10H2,1-3H3,(H,16,18). The number of hydrogen-bond acceptors (Lipinski definition) is 3. The molecule has 0 saturated carbocycles. The van der Waals surface area contributed by atoms with Crippen LogP contribution in [0.4, 0.5) is 5.69 Å². The number of nitrogens with one attached hydrogen (secondary N) is 1. The first-order valence-corrected chi connectivity index (χ1v) is 6.58. The van der Waals surface area contributed by atoms with Crippen LogP contribution in [-0.4, -0.2) is 18.8 Å². The third-order valence-corrected chi connectivity index (χ3v) is 2.46. The van der Waals surface area contributed by atoms with Crippen molar-refractivity contribution in [2.45, 2.75) is 33.6 Å². The van der Waals surface area contributed by atoms with Crippen molar-refractivity contribution in [1.82, 2.24) is 0 Å². The molecule has 0 aliphatic carbocycles. The zero-order valence-corrected chi connectivity index (χ0v) is 11.7. The quantitative estimate of drug-likeness (QED) is 0.768. The van der Waals surface area contributed by atoms with Crippen molar-refractivity contribution >= 4 is 17.9 Å². The molecule has 1 aromatic carbocycles. The van der Waals surface area contributed by atoms with Crippen molar-refractivity contribution in [3.63, 3.8) is 0 Å². The lowest BCUT2D eigenvalue weighted by atomic mass is 10.2. The summed E-state index contributed by atoms with van der Waals surface area (Å²) in [7, 11) is 0. The second kappa shape index (κ2) is 7.56. The van der Waals surface area contributed by atoms with E-state index in [1.807, 2.05) is 6.92 Å². The van der Waals surface area contributed by atoms with Crippen molar-refractivity contribution < 1.29 is 14.3 Å². The molecule has 4 nitrogen and oxygen atoms in total. The molecule has 0 aromatic heterocycles. The van der Waals surface area contributed by atoms with E-state index in [1.54, 1.807) is 18.2 Å². The molecule has 0 heterocycles. The number of carbonyl (C=O) groups excluding carboxylic acids is 2. The minimum Gasteiger partial charge on any atom is -0.491 e. The van der Waals surface area contributed by atoms with Crippen LogP contribution >= 0.6 is 0 Å². The predicted octanol–water partition coefficient (Wildman–Crippen LogP) is 3.27. The maximum atomic E-state index is 11.6. The zero-order chi connectivity index (χ0) is 14.3. The Kier molecular flexibility index (Phi) is 6.06. The number of ether oxygens (including phenoxy) is 1. The predicted molar refractivity (Wildman–Crippen MR) is 75.7 cm³/mol. The minimum atomic E-state index is -0.0695. The highest BCUT2D eigenvalue weighted by Gasteiger charge is 2.09. The normalized spacial score (nSPS) is 10.3. The summed E-state index contributed by atoms with van der Waals surface area (Å²) in [6.45, 7) is 6.61. The third-order valence-electron chi connectivity index (χ3n) is 2.46. The molecule has 0 radical (unpaired) electrons. The molecule has 1 amide bonds. The molecule has 1 rings (SSSR count). The molecule has 0 saturated heterocycles. The number of anilines is 1. The summed E-state index contributed by atoms with van der Waals surface area (Å²) >= 11 is 0. The average molecular weight is 263 g/mol. The van der Waals surface area contributed by atoms with Crippen molar-refractivity contribution in [2.24, 2.45) is 5.92 Å². The smallest absolute Gasteiger partial charge is 0.224 e. The molecule has 0 fully saturated rings. The van der Waals surface area contributed by atoms with Gasteiger partial charge in [0.2, 0.25) is 5.91 Å². The fraction of sp³-hybridized carbons (Fsp3) is 0.467. The Balaban J connectivity index is 2.88. The van der Waals surface area contributed by atoms with Gasteiger partial charge in [-0.3, -0.25) is 9.59 Å². The Morgan fingerprint density at radius 1 is 1.42 bits per heavy atom. The fourth-order valence-electron chi connectivity index (χ4n) is 1.54. The number of carbonyl (C=O) groups is 2. The van der Waals surface area contributed by atoms with Gasteiger partial charge in [-0.25, -0.2) is 0 Å². The lowest BCUT2D eigenvalue weighted by molar-refractivity contribution is -0.116. The summed E-state index contributed by atoms with van der Waals surface area (Å²) < 4.78 is 5.65. The van der Waals surface area contributed by atoms with Gasteiger partial charge in [0.1, 0.15) is 12.0 Å². The topological polar surface area (TPSA) is 55.4 Å². The Morgan fingerprint density at radius 3 is 2.74 bits per heavy atom. The Hall–Kier alpha value is -1.84. The molecule has 1 N–H and O–H groups in total. The second-order valence-electron chi connectivity index (χ2n) is 4.88. The van der Waals surface area contributed by atoms with Gasteiger partial charge in [-0.15, -0.1) is 0 Å². The summed E-state index contributed by atoms with van der Waals surface area (Å²) in [6.07, 6.45) is 1.98. The minimum absolute atomic E-state index is 0.0695. The number of aldehydes is 1. The van der Waals surface area contributed by atoms with Crippen LogP contribution < -0.4 is 10.1 Å². The highest BCUT2D eigenvalue weighted by Crippen LogP contribution is 2.26. The third kappa shape index (κ3) is 5.12. The number of amides is 1. The SMILES string of the molecule is CCCC(=O)Nc1cc(C=O)ccc1OCC(C)C. The fourth-order valence-corrected chi connectivity index (χ4v) is 1.54. The molecule has 1 aromatic rings. The van der Waals surface area contributed by atoms with E-state index in [4.69, 9.17) is 4.74 Å². The van der Waals surface area contributed by atoms with E-state index in [9.17, 15) is 9.59 Å². The van der Waals surface area contributed by atoms with Crippen LogP contribution in [0.3, 0.4) is 0 Å². The Labute approximate surface area is 114 Å². The van der Waals surface area contributed by atoms with Crippen LogP contribution in [0, 0.1) is 5.92 Å². The lowest BCUT2D eigenvalue weighted by Crippen LogP contribution is -2.13. The van der Waals surface area contributed by atoms with E-state index < -0.39 is 0 Å². The van der Waals surface area contributed by atoms with Gasteiger partial charge < -0.3 is 10.1 Å². The van der Waals surface area contributed by atoms with E-state index in [2.05, 4.69) is 19.2 Å². The van der Waals surface area contributed by atoms with Crippen molar-refractivity contribution in [3.8, 4) is 5.75 Å². The van der Waals surface area contributed by atoms with Crippen LogP contribution in [0.1, 0.15) is 44.0 Å². The zero-order valence-electron chi connectivity index (χ0n) is 11.7. The molecular formula is C15H21NO3. The molecule has 0 aliphatic heterocycles. The van der Waals surface area contributed by atoms with Crippen LogP contribution in [0.5, 0.6) is 5.75 Å². The largest absolute Gasteiger partial charge is 0.491 e. The highest BCUT2D eigenvalue weighted by atomic mass is 16.5. The molecule has 0 unspecified atom stereocenters. The van der Waals surface area contributed by atoms with Gasteiger partial charge in [-0.2, -0.15) is 0 Å². The van der Waals surface area contributed by atoms with E-state index in [0.29, 0.717) is 35.9 Å². The van der Waals surface area contributed by atoms with Crippen LogP contribution in [0.15, 0.2) is 18.2 Å². The Bertz CT molecular complexity index is 441. The van der Waals surface area contributed by atoms with Gasteiger partial charge in [0.05, 0.1) is 12.3 Å². The summed E-state index contributed by atoms with van der Waals surface area (Å²) in [5, 5.41) is 2.79. The van der Waals surface area contributed by atoms with Gasteiger partial charge >= 0.3 is 0 Å². The highest BCUT2D eigenvalue weighted by molar-refractivity contribution is 5.93. The molecule has 104 valence electrons. The van der Waals surface area contributed by atoms with Gasteiger partial charge in [-0.1, -0.05) is 20.8 Å². The molecule has 0 atom stereocenters. The van der Waals surface area contributed by atoms with Crippen molar-refractivity contribution in [2.75, 3.05) is 11.9 Å². The number of benzene rings is 1. The van der Waals surface area contributed by atoms with E-state index >= 15 is 0 Å². The van der Waals surface area contributed by atoms with E-state index in [0.717, 1.165) is 12.7 Å². The molecule has 19 heavy (non-hydrogen) atoms. The van der Waals surface area contributed by atoms with Crippen molar-refractivity contribution in [3.05, 3.63) is 23.8 Å². The second-order valence-corrected chi connectivity index (χ2v) is 4.88. The van der Waals surface area contributed by atoms with Gasteiger partial charge in [0, 0.05) is 12.0 Å². The van der Waals surface area contributed by atoms with Crippen LogP contribution in [0.2, 0.25) is 0 Å². The van der Waals surface area contributed by atoms with Gasteiger partial charge in [0.25, 0.3) is 0 Å². The first-order chi connectivity index (χ1) is 9.06. The van der Waals surface area contributed by atoms with Gasteiger partial charge in [-0.05, 0) is 30.5 Å². The van der Waals surface area contributed by atoms with Crippen LogP contribution in [-0.2, 0) is 4.79 Å². The molecule has 0 spiro atoms.